The molecule has 0 aromatic heterocycles. The summed E-state index contributed by atoms with van der Waals surface area (Å²) in [5.74, 6) is 0.879. The number of hydrogen-bond acceptors (Lipinski definition) is 8. The van der Waals surface area contributed by atoms with Crippen molar-refractivity contribution in [2.24, 2.45) is 4.99 Å². The van der Waals surface area contributed by atoms with E-state index in [2.05, 4.69) is 65.9 Å². The van der Waals surface area contributed by atoms with Crippen molar-refractivity contribution in [3.63, 3.8) is 0 Å². The fourth-order valence-corrected chi connectivity index (χ4v) is 6.88. The molecule has 4 rings (SSSR count). The summed E-state index contributed by atoms with van der Waals surface area (Å²) >= 11 is 1.73. The SMILES string of the molecule is C=CCN1CC(C)N(C(c2cccc(O)c2)c2ccccc2C2(CCNCC(=O)OCC)CSC=N2)CC1C. The summed E-state index contributed by atoms with van der Waals surface area (Å²) in [7, 11) is 0. The molecule has 8 heteroatoms. The zero-order chi connectivity index (χ0) is 27.8. The number of piperazine rings is 1. The Bertz CT molecular complexity index is 1160. The highest BCUT2D eigenvalue weighted by Gasteiger charge is 2.40. The third kappa shape index (κ3) is 6.92. The van der Waals surface area contributed by atoms with Gasteiger partial charge >= 0.3 is 5.97 Å². The zero-order valence-corrected chi connectivity index (χ0v) is 24.2. The quantitative estimate of drug-likeness (QED) is 0.228. The molecule has 4 unspecified atom stereocenters. The van der Waals surface area contributed by atoms with Crippen LogP contribution in [0.5, 0.6) is 5.75 Å². The number of phenolic OH excluding ortho intramolecular Hbond substituents is 1. The molecule has 1 fully saturated rings. The van der Waals surface area contributed by atoms with Gasteiger partial charge in [-0.15, -0.1) is 18.3 Å². The fraction of sp³-hybridized carbons (Fsp3) is 0.484. The van der Waals surface area contributed by atoms with E-state index in [-0.39, 0.29) is 24.3 Å². The molecule has 39 heavy (non-hydrogen) atoms. The Kier molecular flexibility index (Phi) is 10.2. The smallest absolute Gasteiger partial charge is 0.319 e. The number of hydrogen-bond donors (Lipinski definition) is 2. The number of esters is 1. The third-order valence-electron chi connectivity index (χ3n) is 7.79. The predicted molar refractivity (Wildman–Crippen MR) is 161 cm³/mol. The monoisotopic (exact) mass is 550 g/mol. The zero-order valence-electron chi connectivity index (χ0n) is 23.4. The van der Waals surface area contributed by atoms with Gasteiger partial charge in [-0.1, -0.05) is 42.5 Å². The topological polar surface area (TPSA) is 77.4 Å². The molecule has 2 aliphatic rings. The van der Waals surface area contributed by atoms with Crippen LogP contribution >= 0.6 is 11.8 Å². The van der Waals surface area contributed by atoms with Gasteiger partial charge in [-0.25, -0.2) is 0 Å². The summed E-state index contributed by atoms with van der Waals surface area (Å²) in [6.45, 7) is 14.3. The third-order valence-corrected chi connectivity index (χ3v) is 8.69. The second-order valence-corrected chi connectivity index (χ2v) is 11.4. The first-order valence-corrected chi connectivity index (χ1v) is 14.9. The summed E-state index contributed by atoms with van der Waals surface area (Å²) < 4.78 is 5.07. The minimum Gasteiger partial charge on any atom is -0.508 e. The maximum absolute atomic E-state index is 11.9. The predicted octanol–water partition coefficient (Wildman–Crippen LogP) is 4.58. The molecule has 0 saturated carbocycles. The molecule has 4 atom stereocenters. The molecule has 2 N–H and O–H groups in total. The van der Waals surface area contributed by atoms with Gasteiger partial charge in [0.05, 0.1) is 30.3 Å². The van der Waals surface area contributed by atoms with Crippen molar-refractivity contribution >= 4 is 23.3 Å². The van der Waals surface area contributed by atoms with E-state index >= 15 is 0 Å². The lowest BCUT2D eigenvalue weighted by atomic mass is 9.81. The number of thioether (sulfide) groups is 1. The minimum atomic E-state index is -0.405. The Morgan fingerprint density at radius 2 is 2.08 bits per heavy atom. The van der Waals surface area contributed by atoms with E-state index < -0.39 is 5.54 Å². The molecule has 0 bridgehead atoms. The van der Waals surface area contributed by atoms with Crippen LogP contribution in [-0.2, 0) is 15.1 Å². The van der Waals surface area contributed by atoms with Gasteiger partial charge in [0.2, 0.25) is 0 Å². The molecule has 210 valence electrons. The average molecular weight is 551 g/mol. The van der Waals surface area contributed by atoms with Crippen molar-refractivity contribution in [1.29, 1.82) is 0 Å². The molecule has 0 amide bonds. The summed E-state index contributed by atoms with van der Waals surface area (Å²) in [4.78, 5) is 22.0. The molecule has 2 aromatic carbocycles. The largest absolute Gasteiger partial charge is 0.508 e. The van der Waals surface area contributed by atoms with E-state index in [1.165, 1.54) is 11.1 Å². The summed E-state index contributed by atoms with van der Waals surface area (Å²) in [5, 5.41) is 13.7. The number of nitrogens with zero attached hydrogens (tertiary/aromatic N) is 3. The van der Waals surface area contributed by atoms with E-state index in [0.717, 1.165) is 37.4 Å². The summed E-state index contributed by atoms with van der Waals surface area (Å²) in [6, 6.07) is 16.9. The van der Waals surface area contributed by atoms with Gasteiger partial charge in [0, 0.05) is 37.5 Å². The summed E-state index contributed by atoms with van der Waals surface area (Å²) in [5.41, 5.74) is 5.04. The normalized spacial score (nSPS) is 24.5. The van der Waals surface area contributed by atoms with E-state index in [4.69, 9.17) is 9.73 Å². The van der Waals surface area contributed by atoms with E-state index in [0.29, 0.717) is 25.2 Å². The Morgan fingerprint density at radius 3 is 2.79 bits per heavy atom. The summed E-state index contributed by atoms with van der Waals surface area (Å²) in [6.07, 6.45) is 2.75. The van der Waals surface area contributed by atoms with E-state index in [9.17, 15) is 9.90 Å². The molecule has 2 aliphatic heterocycles. The molecular weight excluding hydrogens is 508 g/mol. The molecule has 0 spiro atoms. The first kappa shape index (κ1) is 29.3. The van der Waals surface area contributed by atoms with Gasteiger partial charge in [0.25, 0.3) is 0 Å². The molecule has 0 radical (unpaired) electrons. The average Bonchev–Trinajstić information content (AvgIpc) is 3.40. The molecule has 2 aromatic rings. The van der Waals surface area contributed by atoms with Crippen LogP contribution in [0.25, 0.3) is 0 Å². The maximum Gasteiger partial charge on any atom is 0.319 e. The number of carbonyl (C=O) groups is 1. The van der Waals surface area contributed by atoms with Gasteiger partial charge in [-0.3, -0.25) is 19.6 Å². The van der Waals surface area contributed by atoms with Crippen LogP contribution in [0.15, 0.2) is 66.2 Å². The Hall–Kier alpha value is -2.65. The minimum absolute atomic E-state index is 0.0400. The van der Waals surface area contributed by atoms with Crippen molar-refractivity contribution in [3.8, 4) is 5.75 Å². The van der Waals surface area contributed by atoms with E-state index in [1.807, 2.05) is 30.7 Å². The molecule has 7 nitrogen and oxygen atoms in total. The van der Waals surface area contributed by atoms with Crippen LogP contribution in [0.3, 0.4) is 0 Å². The second kappa shape index (κ2) is 13.6. The second-order valence-electron chi connectivity index (χ2n) is 10.5. The number of aliphatic imine (C=N–C) groups is 1. The van der Waals surface area contributed by atoms with Crippen molar-refractivity contribution in [2.45, 2.75) is 50.9 Å². The number of phenols is 1. The van der Waals surface area contributed by atoms with Gasteiger partial charge in [-0.05, 0) is 62.6 Å². The lowest BCUT2D eigenvalue weighted by Gasteiger charge is -2.48. The van der Waals surface area contributed by atoms with Gasteiger partial charge in [0.1, 0.15) is 5.75 Å². The highest BCUT2D eigenvalue weighted by atomic mass is 32.2. The number of carbonyl (C=O) groups excluding carboxylic acids is 1. The lowest BCUT2D eigenvalue weighted by molar-refractivity contribution is -0.142. The molecule has 1 saturated heterocycles. The van der Waals surface area contributed by atoms with Crippen LogP contribution in [0.2, 0.25) is 0 Å². The highest BCUT2D eigenvalue weighted by molar-refractivity contribution is 8.12. The van der Waals surface area contributed by atoms with Crippen molar-refractivity contribution in [2.75, 3.05) is 45.1 Å². The fourth-order valence-electron chi connectivity index (χ4n) is 5.88. The number of nitrogens with one attached hydrogen (secondary N) is 1. The van der Waals surface area contributed by atoms with Gasteiger partial charge in [0.15, 0.2) is 0 Å². The standard InChI is InChI=1S/C31H42N4O3S/c1-5-16-34-19-24(4)35(20-23(34)3)30(25-10-9-11-26(36)17-25)27-12-7-8-13-28(27)31(21-39-22-33-31)14-15-32-18-29(37)38-6-2/h5,7-13,17,22-24,30,32,36H,1,6,14-16,18-21H2,2-4H3. The molecule has 2 heterocycles. The first-order valence-electron chi connectivity index (χ1n) is 13.9. The number of aromatic hydroxyl groups is 1. The Balaban J connectivity index is 1.70. The lowest BCUT2D eigenvalue weighted by Crippen LogP contribution is -2.57. The maximum atomic E-state index is 11.9. The number of ether oxygens (including phenoxy) is 1. The highest BCUT2D eigenvalue weighted by Crippen LogP contribution is 2.44. The molecular formula is C31H42N4O3S. The Labute approximate surface area is 237 Å². The van der Waals surface area contributed by atoms with Crippen LogP contribution in [-0.4, -0.2) is 83.6 Å². The van der Waals surface area contributed by atoms with Crippen molar-refractivity contribution in [1.82, 2.24) is 15.1 Å². The van der Waals surface area contributed by atoms with Crippen molar-refractivity contribution in [3.05, 3.63) is 77.9 Å². The van der Waals surface area contributed by atoms with Crippen LogP contribution in [0.1, 0.15) is 49.9 Å². The van der Waals surface area contributed by atoms with Crippen LogP contribution < -0.4 is 5.32 Å². The first-order chi connectivity index (χ1) is 18.9. The van der Waals surface area contributed by atoms with Crippen LogP contribution in [0.4, 0.5) is 0 Å². The van der Waals surface area contributed by atoms with Gasteiger partial charge in [-0.2, -0.15) is 0 Å². The van der Waals surface area contributed by atoms with E-state index in [1.54, 1.807) is 17.8 Å². The molecule has 0 aliphatic carbocycles. The Morgan fingerprint density at radius 1 is 1.26 bits per heavy atom. The van der Waals surface area contributed by atoms with Crippen molar-refractivity contribution < 1.29 is 14.6 Å². The van der Waals surface area contributed by atoms with Crippen LogP contribution in [0, 0.1) is 0 Å². The van der Waals surface area contributed by atoms with Gasteiger partial charge < -0.3 is 15.2 Å². The number of benzene rings is 2. The number of rotatable bonds is 12.